The normalized spacial score (nSPS) is 11.1. The topological polar surface area (TPSA) is 44.1 Å². The molecule has 0 fully saturated rings. The second-order valence-corrected chi connectivity index (χ2v) is 7.53. The predicted molar refractivity (Wildman–Crippen MR) is 111 cm³/mol. The Morgan fingerprint density at radius 2 is 1.86 bits per heavy atom. The van der Waals surface area contributed by atoms with E-state index < -0.39 is 0 Å². The average Bonchev–Trinajstić information content (AvgIpc) is 3.14. The molecule has 0 aliphatic rings. The van der Waals surface area contributed by atoms with Gasteiger partial charge in [0.2, 0.25) is 0 Å². The Morgan fingerprint density at radius 3 is 2.61 bits per heavy atom. The maximum absolute atomic E-state index is 13.2. The first kappa shape index (κ1) is 18.7. The molecule has 2 aromatic carbocycles. The summed E-state index contributed by atoms with van der Waals surface area (Å²) in [5.74, 6) is 0.432. The Hall–Kier alpha value is -2.70. The van der Waals surface area contributed by atoms with Gasteiger partial charge in [-0.1, -0.05) is 23.7 Å². The Kier molecular flexibility index (Phi) is 5.41. The van der Waals surface area contributed by atoms with Crippen molar-refractivity contribution in [1.29, 1.82) is 0 Å². The fraction of sp³-hybridized carbons (Fsp3) is 0.143. The lowest BCUT2D eigenvalue weighted by atomic mass is 10.1. The lowest BCUT2D eigenvalue weighted by Crippen LogP contribution is -2.21. The monoisotopic (exact) mass is 414 g/mol. The van der Waals surface area contributed by atoms with Crippen molar-refractivity contribution >= 4 is 33.2 Å². The van der Waals surface area contributed by atoms with E-state index in [1.165, 1.54) is 23.5 Å². The third-order valence-corrected chi connectivity index (χ3v) is 5.48. The van der Waals surface area contributed by atoms with Crippen LogP contribution in [0.5, 0.6) is 5.75 Å². The molecule has 7 heteroatoms. The zero-order chi connectivity index (χ0) is 19.5. The van der Waals surface area contributed by atoms with Gasteiger partial charge >= 0.3 is 0 Å². The highest BCUT2D eigenvalue weighted by Gasteiger charge is 2.13. The van der Waals surface area contributed by atoms with Crippen molar-refractivity contribution < 1.29 is 9.13 Å². The van der Waals surface area contributed by atoms with Crippen LogP contribution in [0.25, 0.3) is 21.3 Å². The summed E-state index contributed by atoms with van der Waals surface area (Å²) in [6.07, 6.45) is 2.23. The zero-order valence-corrected chi connectivity index (χ0v) is 16.3. The summed E-state index contributed by atoms with van der Waals surface area (Å²) < 4.78 is 20.5. The van der Waals surface area contributed by atoms with E-state index in [0.29, 0.717) is 34.8 Å². The minimum absolute atomic E-state index is 0.0999. The number of hydrogen-bond donors (Lipinski definition) is 0. The Bertz CT molecular complexity index is 1150. The molecule has 0 saturated carbocycles. The molecule has 0 N–H and O–H groups in total. The highest BCUT2D eigenvalue weighted by Crippen LogP contribution is 2.30. The van der Waals surface area contributed by atoms with Gasteiger partial charge in [-0.25, -0.2) is 9.37 Å². The zero-order valence-electron chi connectivity index (χ0n) is 14.8. The van der Waals surface area contributed by atoms with Crippen molar-refractivity contribution in [2.45, 2.75) is 13.0 Å². The third-order valence-electron chi connectivity index (χ3n) is 4.34. The van der Waals surface area contributed by atoms with Crippen LogP contribution in [-0.2, 0) is 6.54 Å². The minimum Gasteiger partial charge on any atom is -0.494 e. The van der Waals surface area contributed by atoms with Gasteiger partial charge in [0.1, 0.15) is 16.4 Å². The summed E-state index contributed by atoms with van der Waals surface area (Å²) in [6.45, 7) is 0.967. The van der Waals surface area contributed by atoms with E-state index in [0.717, 1.165) is 16.9 Å². The number of fused-ring (bicyclic) bond motifs is 1. The van der Waals surface area contributed by atoms with E-state index in [2.05, 4.69) is 4.98 Å². The number of halogens is 2. The molecule has 0 amide bonds. The van der Waals surface area contributed by atoms with E-state index in [4.69, 9.17) is 16.3 Å². The number of rotatable bonds is 6. The summed E-state index contributed by atoms with van der Waals surface area (Å²) >= 11 is 7.26. The number of aryl methyl sites for hydroxylation is 1. The second-order valence-electron chi connectivity index (χ2n) is 6.24. The lowest BCUT2D eigenvalue weighted by Gasteiger charge is -2.08. The molecule has 142 valence electrons. The van der Waals surface area contributed by atoms with Crippen molar-refractivity contribution in [2.24, 2.45) is 0 Å². The summed E-state index contributed by atoms with van der Waals surface area (Å²) in [4.78, 5) is 18.0. The fourth-order valence-electron chi connectivity index (χ4n) is 2.92. The van der Waals surface area contributed by atoms with Crippen LogP contribution in [0.2, 0.25) is 5.02 Å². The van der Waals surface area contributed by atoms with E-state index in [-0.39, 0.29) is 11.4 Å². The summed E-state index contributed by atoms with van der Waals surface area (Å²) in [6, 6.07) is 13.3. The fourth-order valence-corrected chi connectivity index (χ4v) is 3.96. The number of hydrogen-bond acceptors (Lipinski definition) is 4. The van der Waals surface area contributed by atoms with Crippen LogP contribution in [0, 0.1) is 5.82 Å². The number of benzene rings is 2. The average molecular weight is 415 g/mol. The van der Waals surface area contributed by atoms with E-state index in [9.17, 15) is 9.18 Å². The van der Waals surface area contributed by atoms with E-state index in [1.54, 1.807) is 35.2 Å². The molecule has 2 heterocycles. The molecule has 4 nitrogen and oxygen atoms in total. The molecule has 0 aliphatic heterocycles. The SMILES string of the molecule is O=c1c2c(-c3ccc(F)cc3)csc2ncn1CCCOc1ccc(Cl)cc1. The lowest BCUT2D eigenvalue weighted by molar-refractivity contribution is 0.301. The van der Waals surface area contributed by atoms with Gasteiger partial charge in [0, 0.05) is 22.5 Å². The molecule has 0 bridgehead atoms. The van der Waals surface area contributed by atoms with Gasteiger partial charge in [-0.05, 0) is 48.4 Å². The number of aromatic nitrogens is 2. The summed E-state index contributed by atoms with van der Waals surface area (Å²) in [5, 5.41) is 3.11. The maximum Gasteiger partial charge on any atom is 0.262 e. The molecule has 4 rings (SSSR count). The number of nitrogens with zero attached hydrogens (tertiary/aromatic N) is 2. The molecule has 0 saturated heterocycles. The Morgan fingerprint density at radius 1 is 1.11 bits per heavy atom. The number of thiophene rings is 1. The van der Waals surface area contributed by atoms with Crippen LogP contribution < -0.4 is 10.3 Å². The van der Waals surface area contributed by atoms with Gasteiger partial charge in [0.15, 0.2) is 0 Å². The highest BCUT2D eigenvalue weighted by molar-refractivity contribution is 7.17. The van der Waals surface area contributed by atoms with Gasteiger partial charge in [-0.15, -0.1) is 11.3 Å². The minimum atomic E-state index is -0.306. The quantitative estimate of drug-likeness (QED) is 0.397. The van der Waals surface area contributed by atoms with Crippen molar-refractivity contribution in [1.82, 2.24) is 9.55 Å². The van der Waals surface area contributed by atoms with Gasteiger partial charge in [0.05, 0.1) is 18.3 Å². The smallest absolute Gasteiger partial charge is 0.262 e. The van der Waals surface area contributed by atoms with Crippen LogP contribution in [0.1, 0.15) is 6.42 Å². The summed E-state index contributed by atoms with van der Waals surface area (Å²) in [5.41, 5.74) is 1.48. The van der Waals surface area contributed by atoms with Gasteiger partial charge in [-0.2, -0.15) is 0 Å². The van der Waals surface area contributed by atoms with Crippen LogP contribution in [0.15, 0.2) is 65.0 Å². The van der Waals surface area contributed by atoms with Gasteiger partial charge in [0.25, 0.3) is 5.56 Å². The van der Waals surface area contributed by atoms with Crippen LogP contribution >= 0.6 is 22.9 Å². The Labute approximate surface area is 169 Å². The largest absolute Gasteiger partial charge is 0.494 e. The molecule has 2 aromatic heterocycles. The molecule has 0 unspecified atom stereocenters. The van der Waals surface area contributed by atoms with Crippen LogP contribution in [-0.4, -0.2) is 16.2 Å². The first-order valence-electron chi connectivity index (χ1n) is 8.73. The first-order valence-corrected chi connectivity index (χ1v) is 9.98. The molecule has 0 aliphatic carbocycles. The van der Waals surface area contributed by atoms with Crippen molar-refractivity contribution in [3.05, 3.63) is 81.4 Å². The van der Waals surface area contributed by atoms with Crippen molar-refractivity contribution in [3.8, 4) is 16.9 Å². The van der Waals surface area contributed by atoms with Crippen molar-refractivity contribution in [3.63, 3.8) is 0 Å². The maximum atomic E-state index is 13.2. The molecule has 4 aromatic rings. The standard InChI is InChI=1S/C21H16ClFN2O2S/c22-15-4-8-17(9-5-15)27-11-1-10-25-13-24-20-19(21(25)26)18(12-28-20)14-2-6-16(23)7-3-14/h2-9,12-13H,1,10-11H2. The molecule has 0 radical (unpaired) electrons. The van der Waals surface area contributed by atoms with E-state index in [1.807, 2.05) is 17.5 Å². The third kappa shape index (κ3) is 3.93. The molecule has 0 spiro atoms. The molecular formula is C21H16ClFN2O2S. The molecular weight excluding hydrogens is 399 g/mol. The van der Waals surface area contributed by atoms with Crippen LogP contribution in [0.3, 0.4) is 0 Å². The number of ether oxygens (including phenoxy) is 1. The summed E-state index contributed by atoms with van der Waals surface area (Å²) in [7, 11) is 0. The van der Waals surface area contributed by atoms with E-state index >= 15 is 0 Å². The first-order chi connectivity index (χ1) is 13.6. The molecule has 0 atom stereocenters. The van der Waals surface area contributed by atoms with Gasteiger partial charge in [-0.3, -0.25) is 9.36 Å². The van der Waals surface area contributed by atoms with Crippen molar-refractivity contribution in [2.75, 3.05) is 6.61 Å². The molecule has 28 heavy (non-hydrogen) atoms. The second kappa shape index (κ2) is 8.12. The Balaban J connectivity index is 1.51. The van der Waals surface area contributed by atoms with Gasteiger partial charge < -0.3 is 4.74 Å². The van der Waals surface area contributed by atoms with Crippen LogP contribution in [0.4, 0.5) is 4.39 Å². The highest BCUT2D eigenvalue weighted by atomic mass is 35.5. The predicted octanol–water partition coefficient (Wildman–Crippen LogP) is 5.39.